The zero-order valence-electron chi connectivity index (χ0n) is 18.6. The lowest BCUT2D eigenvalue weighted by atomic mass is 9.95. The van der Waals surface area contributed by atoms with E-state index in [1.165, 1.54) is 11.1 Å². The highest BCUT2D eigenvalue weighted by molar-refractivity contribution is 9.11. The topological polar surface area (TPSA) is 30.7 Å². The molecule has 0 N–H and O–H groups in total. The maximum absolute atomic E-state index is 5.21. The van der Waals surface area contributed by atoms with Crippen LogP contribution in [0.1, 0.15) is 0 Å². The van der Waals surface area contributed by atoms with Gasteiger partial charge in [-0.15, -0.1) is 0 Å². The predicted molar refractivity (Wildman–Crippen MR) is 151 cm³/mol. The Labute approximate surface area is 220 Å². The van der Waals surface area contributed by atoms with Gasteiger partial charge in [-0.25, -0.2) is 9.97 Å². The zero-order chi connectivity index (χ0) is 23.8. The van der Waals surface area contributed by atoms with Crippen LogP contribution in [0, 0.1) is 0 Å². The number of benzene rings is 4. The normalized spacial score (nSPS) is 11.1. The van der Waals surface area contributed by atoms with Gasteiger partial charge in [-0.1, -0.05) is 105 Å². The van der Waals surface area contributed by atoms with E-state index in [4.69, 9.17) is 9.97 Å². The van der Waals surface area contributed by atoms with Gasteiger partial charge in [0.1, 0.15) is 11.3 Å². The van der Waals surface area contributed by atoms with Gasteiger partial charge < -0.3 is 0 Å². The van der Waals surface area contributed by atoms with Crippen molar-refractivity contribution >= 4 is 43.0 Å². The number of fused-ring (bicyclic) bond motifs is 1. The molecule has 0 fully saturated rings. The molecule has 0 aliphatic heterocycles. The first-order chi connectivity index (χ1) is 17.2. The summed E-state index contributed by atoms with van der Waals surface area (Å²) in [4.78, 5) is 10.0. The SMILES string of the molecule is Brc1cc(Br)cc(-c2nc3c(-c4ccccc4-c4ccccc4)ccnc3n2-c2ccccc2)c1. The summed E-state index contributed by atoms with van der Waals surface area (Å²) in [5.41, 5.74) is 8.23. The van der Waals surface area contributed by atoms with Gasteiger partial charge in [0.2, 0.25) is 0 Å². The molecular weight excluding hydrogens is 562 g/mol. The number of rotatable bonds is 4. The second-order valence-electron chi connectivity index (χ2n) is 8.21. The van der Waals surface area contributed by atoms with Gasteiger partial charge in [-0.3, -0.25) is 4.57 Å². The highest BCUT2D eigenvalue weighted by Crippen LogP contribution is 2.38. The number of hydrogen-bond acceptors (Lipinski definition) is 2. The second kappa shape index (κ2) is 9.25. The molecule has 35 heavy (non-hydrogen) atoms. The predicted octanol–water partition coefficient (Wildman–Crippen LogP) is 8.95. The van der Waals surface area contributed by atoms with Gasteiger partial charge in [0.25, 0.3) is 0 Å². The molecule has 0 aliphatic carbocycles. The standard InChI is InChI=1S/C30H19Br2N3/c31-22-17-21(18-23(32)19-22)29-34-28-27(15-16-33-30(28)35(29)24-11-5-2-6-12-24)26-14-8-7-13-25(26)20-9-3-1-4-10-20/h1-19H. The van der Waals surface area contributed by atoms with Crippen molar-refractivity contribution in [2.24, 2.45) is 0 Å². The Morgan fingerprint density at radius 1 is 0.571 bits per heavy atom. The minimum atomic E-state index is 0.822. The van der Waals surface area contributed by atoms with E-state index in [0.29, 0.717) is 0 Å². The Hall–Kier alpha value is -3.54. The van der Waals surface area contributed by atoms with Crippen LogP contribution in [0.3, 0.4) is 0 Å². The molecule has 6 aromatic rings. The van der Waals surface area contributed by atoms with Crippen molar-refractivity contribution in [2.45, 2.75) is 0 Å². The number of imidazole rings is 1. The average molecular weight is 581 g/mol. The van der Waals surface area contributed by atoms with Crippen LogP contribution in [0.15, 0.2) is 124 Å². The third-order valence-corrected chi connectivity index (χ3v) is 6.90. The Bertz CT molecular complexity index is 1640. The van der Waals surface area contributed by atoms with Crippen LogP contribution in [-0.2, 0) is 0 Å². The molecule has 0 spiro atoms. The van der Waals surface area contributed by atoms with Crippen LogP contribution >= 0.6 is 31.9 Å². The minimum absolute atomic E-state index is 0.822. The van der Waals surface area contributed by atoms with E-state index in [9.17, 15) is 0 Å². The van der Waals surface area contributed by atoms with Gasteiger partial charge in [0.05, 0.1) is 0 Å². The summed E-state index contributed by atoms with van der Waals surface area (Å²) < 4.78 is 4.10. The number of pyridine rings is 1. The number of halogens is 2. The van der Waals surface area contributed by atoms with Crippen LogP contribution in [0.2, 0.25) is 0 Å². The van der Waals surface area contributed by atoms with E-state index in [1.54, 1.807) is 0 Å². The summed E-state index contributed by atoms with van der Waals surface area (Å²) in [5, 5.41) is 0. The molecule has 0 aliphatic rings. The van der Waals surface area contributed by atoms with E-state index >= 15 is 0 Å². The van der Waals surface area contributed by atoms with Gasteiger partial charge >= 0.3 is 0 Å². The van der Waals surface area contributed by atoms with Crippen LogP contribution in [0.4, 0.5) is 0 Å². The summed E-state index contributed by atoms with van der Waals surface area (Å²) in [6.45, 7) is 0. The molecule has 3 nitrogen and oxygen atoms in total. The summed E-state index contributed by atoms with van der Waals surface area (Å²) in [6, 6.07) is 37.5. The van der Waals surface area contributed by atoms with E-state index in [-0.39, 0.29) is 0 Å². The molecule has 0 unspecified atom stereocenters. The van der Waals surface area contributed by atoms with Crippen molar-refractivity contribution in [3.63, 3.8) is 0 Å². The quantitative estimate of drug-likeness (QED) is 0.208. The Balaban J connectivity index is 1.67. The van der Waals surface area contributed by atoms with Crippen LogP contribution in [0.5, 0.6) is 0 Å². The third-order valence-electron chi connectivity index (χ3n) is 5.98. The molecule has 0 saturated heterocycles. The maximum Gasteiger partial charge on any atom is 0.165 e. The molecule has 5 heteroatoms. The smallest absolute Gasteiger partial charge is 0.165 e. The molecule has 6 rings (SSSR count). The minimum Gasteiger partial charge on any atom is -0.277 e. The highest BCUT2D eigenvalue weighted by atomic mass is 79.9. The second-order valence-corrected chi connectivity index (χ2v) is 10.0. The molecule has 0 saturated carbocycles. The Morgan fingerprint density at radius 2 is 1.20 bits per heavy atom. The number of hydrogen-bond donors (Lipinski definition) is 0. The van der Waals surface area contributed by atoms with Gasteiger partial charge in [-0.05, 0) is 53.1 Å². The number of aromatic nitrogens is 3. The summed E-state index contributed by atoms with van der Waals surface area (Å²) in [7, 11) is 0. The lowest BCUT2D eigenvalue weighted by Gasteiger charge is -2.11. The molecule has 168 valence electrons. The zero-order valence-corrected chi connectivity index (χ0v) is 21.7. The summed E-state index contributed by atoms with van der Waals surface area (Å²) >= 11 is 7.28. The van der Waals surface area contributed by atoms with E-state index in [2.05, 4.69) is 115 Å². The van der Waals surface area contributed by atoms with Gasteiger partial charge in [0.15, 0.2) is 5.65 Å². The average Bonchev–Trinajstić information content (AvgIpc) is 3.29. The molecule has 4 aromatic carbocycles. The summed E-state index contributed by atoms with van der Waals surface area (Å²) in [6.07, 6.45) is 1.88. The van der Waals surface area contributed by atoms with Crippen LogP contribution in [-0.4, -0.2) is 14.5 Å². The van der Waals surface area contributed by atoms with E-state index in [1.807, 2.05) is 36.5 Å². The largest absolute Gasteiger partial charge is 0.277 e. The fourth-order valence-corrected chi connectivity index (χ4v) is 5.77. The fraction of sp³-hybridized carbons (Fsp3) is 0. The van der Waals surface area contributed by atoms with E-state index in [0.717, 1.165) is 48.3 Å². The van der Waals surface area contributed by atoms with Crippen LogP contribution < -0.4 is 0 Å². The van der Waals surface area contributed by atoms with Crippen molar-refractivity contribution in [1.82, 2.24) is 14.5 Å². The fourth-order valence-electron chi connectivity index (χ4n) is 4.48. The number of nitrogens with zero attached hydrogens (tertiary/aromatic N) is 3. The first kappa shape index (κ1) is 22.0. The highest BCUT2D eigenvalue weighted by Gasteiger charge is 2.20. The van der Waals surface area contributed by atoms with E-state index < -0.39 is 0 Å². The van der Waals surface area contributed by atoms with Crippen molar-refractivity contribution in [3.05, 3.63) is 124 Å². The maximum atomic E-state index is 5.21. The molecule has 0 atom stereocenters. The molecule has 2 aromatic heterocycles. The van der Waals surface area contributed by atoms with Gasteiger partial charge in [-0.2, -0.15) is 0 Å². The first-order valence-corrected chi connectivity index (χ1v) is 12.8. The lowest BCUT2D eigenvalue weighted by molar-refractivity contribution is 1.08. The van der Waals surface area contributed by atoms with Crippen molar-refractivity contribution in [3.8, 4) is 39.3 Å². The lowest BCUT2D eigenvalue weighted by Crippen LogP contribution is -1.98. The van der Waals surface area contributed by atoms with Crippen molar-refractivity contribution in [2.75, 3.05) is 0 Å². The Morgan fingerprint density at radius 3 is 1.91 bits per heavy atom. The monoisotopic (exact) mass is 579 g/mol. The molecule has 0 radical (unpaired) electrons. The third kappa shape index (κ3) is 4.11. The Kier molecular flexibility index (Phi) is 5.80. The molecular formula is C30H19Br2N3. The molecule has 0 amide bonds. The first-order valence-electron chi connectivity index (χ1n) is 11.2. The van der Waals surface area contributed by atoms with Gasteiger partial charge in [0, 0.05) is 32.0 Å². The summed E-state index contributed by atoms with van der Waals surface area (Å²) in [5.74, 6) is 0.838. The molecule has 0 bridgehead atoms. The van der Waals surface area contributed by atoms with Crippen molar-refractivity contribution in [1.29, 1.82) is 0 Å². The molecule has 2 heterocycles. The van der Waals surface area contributed by atoms with Crippen molar-refractivity contribution < 1.29 is 0 Å². The van der Waals surface area contributed by atoms with Crippen LogP contribution in [0.25, 0.3) is 50.5 Å². The number of para-hydroxylation sites is 1.